The molecule has 0 aliphatic rings. The molecule has 0 unspecified atom stereocenters. The van der Waals surface area contributed by atoms with Crippen LogP contribution in [0.4, 0.5) is 4.39 Å². The van der Waals surface area contributed by atoms with E-state index in [1.165, 1.54) is 0 Å². The fourth-order valence-electron chi connectivity index (χ4n) is 0.823. The van der Waals surface area contributed by atoms with Gasteiger partial charge in [-0.15, -0.1) is 0 Å². The van der Waals surface area contributed by atoms with E-state index in [-0.39, 0.29) is 13.2 Å². The van der Waals surface area contributed by atoms with E-state index in [0.29, 0.717) is 17.8 Å². The fourth-order valence-corrected chi connectivity index (χ4v) is 1.08. The van der Waals surface area contributed by atoms with E-state index in [2.05, 4.69) is 4.98 Å². The quantitative estimate of drug-likeness (QED) is 0.743. The van der Waals surface area contributed by atoms with Gasteiger partial charge in [-0.3, -0.25) is 5.14 Å². The van der Waals surface area contributed by atoms with Crippen LogP contribution in [0.15, 0.2) is 35.1 Å². The van der Waals surface area contributed by atoms with Gasteiger partial charge in [-0.05, 0) is 18.0 Å². The maximum absolute atomic E-state index is 12.1. The van der Waals surface area contributed by atoms with Crippen molar-refractivity contribution in [2.24, 2.45) is 10.9 Å². The van der Waals surface area contributed by atoms with Gasteiger partial charge in [0.1, 0.15) is 6.61 Å². The Balaban J connectivity index is 2.51. The Hall–Kier alpha value is -1.11. The van der Waals surface area contributed by atoms with Crippen LogP contribution in [0.5, 0.6) is 5.88 Å². The standard InChI is InChI=1S/C9H12FN3OS/c10-3-7(4-11)6-14-9-2-1-8(15-12)5-13-9/h1-3,5H,4,6,11-12H2/b7-3-. The molecule has 1 aromatic rings. The lowest BCUT2D eigenvalue weighted by Gasteiger charge is -2.06. The van der Waals surface area contributed by atoms with Gasteiger partial charge in [0.25, 0.3) is 0 Å². The average molecular weight is 229 g/mol. The summed E-state index contributed by atoms with van der Waals surface area (Å²) in [6.07, 6.45) is 2.03. The molecule has 0 fully saturated rings. The van der Waals surface area contributed by atoms with Gasteiger partial charge >= 0.3 is 0 Å². The molecule has 0 spiro atoms. The largest absolute Gasteiger partial charge is 0.473 e. The third-order valence-electron chi connectivity index (χ3n) is 1.67. The molecule has 0 bridgehead atoms. The SMILES string of the molecule is NC/C(=C/F)COc1ccc(SN)cn1. The van der Waals surface area contributed by atoms with Crippen molar-refractivity contribution in [1.82, 2.24) is 4.98 Å². The molecule has 1 rings (SSSR count). The molecule has 0 aliphatic heterocycles. The molecule has 4 nitrogen and oxygen atoms in total. The van der Waals surface area contributed by atoms with Crippen LogP contribution in [0.3, 0.4) is 0 Å². The summed E-state index contributed by atoms with van der Waals surface area (Å²) in [5.41, 5.74) is 5.65. The van der Waals surface area contributed by atoms with Crippen molar-refractivity contribution in [3.8, 4) is 5.88 Å². The number of ether oxygens (including phenoxy) is 1. The normalized spacial score (nSPS) is 11.5. The van der Waals surface area contributed by atoms with Crippen molar-refractivity contribution in [1.29, 1.82) is 0 Å². The van der Waals surface area contributed by atoms with Gasteiger partial charge in [0.15, 0.2) is 0 Å². The molecule has 6 heteroatoms. The van der Waals surface area contributed by atoms with E-state index in [4.69, 9.17) is 15.6 Å². The predicted octanol–water partition coefficient (Wildman–Crippen LogP) is 1.24. The van der Waals surface area contributed by atoms with Crippen molar-refractivity contribution < 1.29 is 9.13 Å². The minimum absolute atomic E-state index is 0.106. The van der Waals surface area contributed by atoms with E-state index >= 15 is 0 Å². The minimum Gasteiger partial charge on any atom is -0.473 e. The first-order valence-corrected chi connectivity index (χ1v) is 5.12. The summed E-state index contributed by atoms with van der Waals surface area (Å²) < 4.78 is 17.3. The van der Waals surface area contributed by atoms with Gasteiger partial charge in [-0.2, -0.15) is 0 Å². The summed E-state index contributed by atoms with van der Waals surface area (Å²) >= 11 is 1.10. The van der Waals surface area contributed by atoms with Crippen molar-refractivity contribution in [2.75, 3.05) is 13.2 Å². The van der Waals surface area contributed by atoms with Gasteiger partial charge in [0, 0.05) is 29.3 Å². The molecule has 0 aromatic carbocycles. The lowest BCUT2D eigenvalue weighted by atomic mass is 10.3. The number of hydrogen-bond acceptors (Lipinski definition) is 5. The second-order valence-corrected chi connectivity index (χ2v) is 3.42. The van der Waals surface area contributed by atoms with Crippen LogP contribution >= 0.6 is 11.9 Å². The van der Waals surface area contributed by atoms with E-state index < -0.39 is 0 Å². The molecular weight excluding hydrogens is 217 g/mol. The summed E-state index contributed by atoms with van der Waals surface area (Å²) in [7, 11) is 0. The first-order chi connectivity index (χ1) is 7.30. The van der Waals surface area contributed by atoms with Crippen molar-refractivity contribution >= 4 is 11.9 Å². The molecule has 0 amide bonds. The Kier molecular flexibility index (Phi) is 5.09. The molecule has 4 N–H and O–H groups in total. The highest BCUT2D eigenvalue weighted by Crippen LogP contribution is 2.14. The smallest absolute Gasteiger partial charge is 0.213 e. The summed E-state index contributed by atoms with van der Waals surface area (Å²) in [6, 6.07) is 3.44. The van der Waals surface area contributed by atoms with Gasteiger partial charge < -0.3 is 10.5 Å². The van der Waals surface area contributed by atoms with Gasteiger partial charge in [-0.25, -0.2) is 9.37 Å². The highest BCUT2D eigenvalue weighted by atomic mass is 32.2. The van der Waals surface area contributed by atoms with Crippen LogP contribution in [-0.2, 0) is 0 Å². The van der Waals surface area contributed by atoms with Crippen molar-refractivity contribution in [3.63, 3.8) is 0 Å². The number of pyridine rings is 1. The molecule has 0 saturated carbocycles. The van der Waals surface area contributed by atoms with Gasteiger partial charge in [0.05, 0.1) is 6.33 Å². The third kappa shape index (κ3) is 3.86. The second kappa shape index (κ2) is 6.39. The Morgan fingerprint density at radius 2 is 2.40 bits per heavy atom. The predicted molar refractivity (Wildman–Crippen MR) is 58.0 cm³/mol. The molecule has 0 atom stereocenters. The lowest BCUT2D eigenvalue weighted by Crippen LogP contribution is -2.11. The number of nitrogens with zero attached hydrogens (tertiary/aromatic N) is 1. The first-order valence-electron chi connectivity index (χ1n) is 4.24. The molecule has 0 radical (unpaired) electrons. The molecule has 1 heterocycles. The Morgan fingerprint density at radius 3 is 2.87 bits per heavy atom. The van der Waals surface area contributed by atoms with Gasteiger partial charge in [-0.1, -0.05) is 0 Å². The van der Waals surface area contributed by atoms with Crippen LogP contribution in [0.2, 0.25) is 0 Å². The molecule has 15 heavy (non-hydrogen) atoms. The van der Waals surface area contributed by atoms with Crippen molar-refractivity contribution in [2.45, 2.75) is 4.90 Å². The van der Waals surface area contributed by atoms with Crippen LogP contribution in [0.25, 0.3) is 0 Å². The zero-order valence-electron chi connectivity index (χ0n) is 8.02. The van der Waals surface area contributed by atoms with Crippen LogP contribution in [-0.4, -0.2) is 18.1 Å². The molecule has 0 aliphatic carbocycles. The highest BCUT2D eigenvalue weighted by molar-refractivity contribution is 7.97. The maximum atomic E-state index is 12.1. The molecule has 1 aromatic heterocycles. The Labute approximate surface area is 91.6 Å². The fraction of sp³-hybridized carbons (Fsp3) is 0.222. The van der Waals surface area contributed by atoms with Crippen LogP contribution in [0, 0.1) is 0 Å². The number of hydrogen-bond donors (Lipinski definition) is 2. The summed E-state index contributed by atoms with van der Waals surface area (Å²) in [5.74, 6) is 0.417. The van der Waals surface area contributed by atoms with Crippen LogP contribution < -0.4 is 15.6 Å². The number of aromatic nitrogens is 1. The number of nitrogens with two attached hydrogens (primary N) is 2. The summed E-state index contributed by atoms with van der Waals surface area (Å²) in [5, 5.41) is 5.33. The Bertz CT molecular complexity index is 329. The Morgan fingerprint density at radius 1 is 1.60 bits per heavy atom. The van der Waals surface area contributed by atoms with E-state index in [9.17, 15) is 4.39 Å². The molecule has 82 valence electrons. The molecular formula is C9H12FN3OS. The van der Waals surface area contributed by atoms with E-state index in [1.54, 1.807) is 18.3 Å². The number of rotatable bonds is 5. The van der Waals surface area contributed by atoms with Gasteiger partial charge in [0.2, 0.25) is 5.88 Å². The summed E-state index contributed by atoms with van der Waals surface area (Å²) in [6.45, 7) is 0.238. The zero-order valence-corrected chi connectivity index (χ0v) is 8.84. The topological polar surface area (TPSA) is 74.2 Å². The molecule has 0 saturated heterocycles. The monoisotopic (exact) mass is 229 g/mol. The minimum atomic E-state index is 0.106. The summed E-state index contributed by atoms with van der Waals surface area (Å²) in [4.78, 5) is 4.81. The highest BCUT2D eigenvalue weighted by Gasteiger charge is 1.99. The van der Waals surface area contributed by atoms with Crippen LogP contribution in [0.1, 0.15) is 0 Å². The second-order valence-electron chi connectivity index (χ2n) is 2.71. The average Bonchev–Trinajstić information content (AvgIpc) is 2.31. The van der Waals surface area contributed by atoms with E-state index in [1.807, 2.05) is 0 Å². The lowest BCUT2D eigenvalue weighted by molar-refractivity contribution is 0.333. The number of halogens is 1. The van der Waals surface area contributed by atoms with Crippen molar-refractivity contribution in [3.05, 3.63) is 30.2 Å². The first kappa shape index (κ1) is 12.0. The zero-order chi connectivity index (χ0) is 11.1. The third-order valence-corrected chi connectivity index (χ3v) is 2.18. The maximum Gasteiger partial charge on any atom is 0.213 e. The van der Waals surface area contributed by atoms with E-state index in [0.717, 1.165) is 16.8 Å².